The first kappa shape index (κ1) is 23.7. The third kappa shape index (κ3) is 4.96. The van der Waals surface area contributed by atoms with Crippen LogP contribution < -0.4 is 32.7 Å². The largest absolute Gasteiger partial charge is 1.00 e. The lowest BCUT2D eigenvalue weighted by Crippen LogP contribution is -3.00. The number of likely N-dealkylation sites (N-methyl/N-ethyl adjacent to an activating group) is 1. The first-order valence-corrected chi connectivity index (χ1v) is 11.1. The van der Waals surface area contributed by atoms with Gasteiger partial charge in [0.1, 0.15) is 5.69 Å². The highest BCUT2D eigenvalue weighted by Crippen LogP contribution is 2.29. The minimum atomic E-state index is -3.61. The number of aromatic amines is 1. The zero-order chi connectivity index (χ0) is 21.2. The van der Waals surface area contributed by atoms with Crippen LogP contribution in [0, 0.1) is 6.92 Å². The van der Waals surface area contributed by atoms with Gasteiger partial charge in [-0.1, -0.05) is 23.5 Å². The number of aromatic nitrogens is 2. The van der Waals surface area contributed by atoms with Gasteiger partial charge in [-0.25, -0.2) is 23.1 Å². The smallest absolute Gasteiger partial charge is 0.251 e. The van der Waals surface area contributed by atoms with Gasteiger partial charge in [-0.15, -0.1) is 0 Å². The van der Waals surface area contributed by atoms with Gasteiger partial charge < -0.3 is 18.1 Å². The number of nitrogen functional groups attached to an aromatic ring is 1. The molecule has 3 rings (SSSR count). The van der Waals surface area contributed by atoms with Crippen molar-refractivity contribution in [3.63, 3.8) is 0 Å². The van der Waals surface area contributed by atoms with Crippen LogP contribution in [0.1, 0.15) is 11.3 Å². The van der Waals surface area contributed by atoms with Crippen molar-refractivity contribution in [2.75, 3.05) is 24.7 Å². The number of pyridine rings is 1. The van der Waals surface area contributed by atoms with Crippen LogP contribution >= 0.6 is 11.3 Å². The van der Waals surface area contributed by atoms with E-state index < -0.39 is 10.0 Å². The quantitative estimate of drug-likeness (QED) is 0.463. The number of anilines is 2. The topological polar surface area (TPSA) is 120 Å². The summed E-state index contributed by atoms with van der Waals surface area (Å²) < 4.78 is 26.4. The Morgan fingerprint density at radius 3 is 2.53 bits per heavy atom. The summed E-state index contributed by atoms with van der Waals surface area (Å²) in [5, 5.41) is 0.338. The highest BCUT2D eigenvalue weighted by atomic mass is 35.5. The summed E-state index contributed by atoms with van der Waals surface area (Å²) >= 11 is 0.965. The lowest BCUT2D eigenvalue weighted by Gasteiger charge is -2.13. The molecule has 0 radical (unpaired) electrons. The van der Waals surface area contributed by atoms with Crippen molar-refractivity contribution in [3.05, 3.63) is 53.9 Å². The van der Waals surface area contributed by atoms with Gasteiger partial charge in [0.15, 0.2) is 15.5 Å². The standard InChI is InChI=1S/C19H21N5O3S2.ClH/c1-12-18(29(26,27)21-2)28-19(23-12)24(3)16(25)11-13-6-8-14(9-7-13)17-15(20)5-4-10-22-17;/h4-10,21H,11,20H2,1-3H3;1H. The summed E-state index contributed by atoms with van der Waals surface area (Å²) in [7, 11) is -0.677. The van der Waals surface area contributed by atoms with Gasteiger partial charge >= 0.3 is 0 Å². The highest BCUT2D eigenvalue weighted by Gasteiger charge is 2.23. The average molecular weight is 468 g/mol. The van der Waals surface area contributed by atoms with Crippen molar-refractivity contribution in [2.45, 2.75) is 17.6 Å². The van der Waals surface area contributed by atoms with E-state index in [0.29, 0.717) is 16.5 Å². The summed E-state index contributed by atoms with van der Waals surface area (Å²) in [6.07, 6.45) is 1.97. The predicted octanol–water partition coefficient (Wildman–Crippen LogP) is -1.37. The molecule has 0 saturated heterocycles. The molecule has 0 aliphatic rings. The Bertz CT molecular complexity index is 1150. The van der Waals surface area contributed by atoms with E-state index in [1.54, 1.807) is 20.2 Å². The number of nitrogens with zero attached hydrogens (tertiary/aromatic N) is 2. The lowest BCUT2D eigenvalue weighted by molar-refractivity contribution is -0.363. The highest BCUT2D eigenvalue weighted by molar-refractivity contribution is 7.91. The molecule has 3 aromatic rings. The molecule has 0 fully saturated rings. The number of aryl methyl sites for hydroxylation is 1. The number of nitrogens with one attached hydrogen (secondary N) is 2. The van der Waals surface area contributed by atoms with Crippen molar-refractivity contribution in [1.29, 1.82) is 0 Å². The van der Waals surface area contributed by atoms with E-state index in [1.165, 1.54) is 11.9 Å². The summed E-state index contributed by atoms with van der Waals surface area (Å²) in [6.45, 7) is 1.60. The third-order valence-electron chi connectivity index (χ3n) is 4.40. The number of hydrogen-bond acceptors (Lipinski definition) is 6. The molecule has 0 bridgehead atoms. The van der Waals surface area contributed by atoms with E-state index in [1.807, 2.05) is 36.4 Å². The van der Waals surface area contributed by atoms with Crippen molar-refractivity contribution in [3.8, 4) is 11.3 Å². The Hall–Kier alpha value is -2.53. The number of carbonyl (C=O) groups is 1. The number of sulfonamides is 1. The molecule has 4 N–H and O–H groups in total. The Balaban J connectivity index is 0.00000320. The molecule has 0 aliphatic heterocycles. The Morgan fingerprint density at radius 2 is 1.93 bits per heavy atom. The van der Waals surface area contributed by atoms with Crippen LogP contribution in [-0.4, -0.2) is 33.4 Å². The summed E-state index contributed by atoms with van der Waals surface area (Å²) in [4.78, 5) is 21.4. The Labute approximate surface area is 185 Å². The summed E-state index contributed by atoms with van der Waals surface area (Å²) in [6, 6.07) is 11.2. The molecule has 30 heavy (non-hydrogen) atoms. The molecule has 0 atom stereocenters. The van der Waals surface area contributed by atoms with E-state index in [4.69, 9.17) is 5.73 Å². The van der Waals surface area contributed by atoms with Crippen molar-refractivity contribution < 1.29 is 30.6 Å². The lowest BCUT2D eigenvalue weighted by atomic mass is 10.1. The van der Waals surface area contributed by atoms with Crippen LogP contribution in [0.2, 0.25) is 0 Å². The van der Waals surface area contributed by atoms with Gasteiger partial charge in [0.05, 0.1) is 12.1 Å². The maximum absolute atomic E-state index is 12.7. The van der Waals surface area contributed by atoms with E-state index >= 15 is 0 Å². The molecule has 8 nitrogen and oxygen atoms in total. The van der Waals surface area contributed by atoms with E-state index in [9.17, 15) is 13.2 Å². The summed E-state index contributed by atoms with van der Waals surface area (Å²) in [5.41, 5.74) is 9.56. The van der Waals surface area contributed by atoms with E-state index in [-0.39, 0.29) is 28.9 Å². The number of nitrogens with two attached hydrogens (primary N) is 1. The number of H-pyrrole nitrogens is 1. The number of carbonyl (C=O) groups excluding carboxylic acids is 1. The van der Waals surface area contributed by atoms with Gasteiger partial charge in [0, 0.05) is 18.7 Å². The van der Waals surface area contributed by atoms with Gasteiger partial charge in [0.25, 0.3) is 10.0 Å². The molecule has 1 aromatic carbocycles. The molecule has 0 aliphatic carbocycles. The zero-order valence-corrected chi connectivity index (χ0v) is 19.0. The average Bonchev–Trinajstić information content (AvgIpc) is 3.11. The Morgan fingerprint density at radius 1 is 1.27 bits per heavy atom. The first-order chi connectivity index (χ1) is 13.7. The number of rotatable bonds is 6. The van der Waals surface area contributed by atoms with Crippen LogP contribution in [0.15, 0.2) is 46.8 Å². The van der Waals surface area contributed by atoms with Crippen LogP contribution in [-0.2, 0) is 21.2 Å². The van der Waals surface area contributed by atoms with Crippen molar-refractivity contribution in [2.24, 2.45) is 0 Å². The fraction of sp³-hybridized carbons (Fsp3) is 0.211. The molecule has 160 valence electrons. The molecule has 0 spiro atoms. The van der Waals surface area contributed by atoms with Crippen LogP contribution in [0.25, 0.3) is 11.3 Å². The molecule has 0 unspecified atom stereocenters. The fourth-order valence-electron chi connectivity index (χ4n) is 2.74. The minimum Gasteiger partial charge on any atom is -1.00 e. The van der Waals surface area contributed by atoms with Crippen molar-refractivity contribution in [1.82, 2.24) is 9.71 Å². The molecule has 2 aromatic heterocycles. The van der Waals surface area contributed by atoms with Crippen LogP contribution in [0.4, 0.5) is 10.8 Å². The van der Waals surface area contributed by atoms with Gasteiger partial charge in [-0.05, 0) is 37.7 Å². The predicted molar refractivity (Wildman–Crippen MR) is 113 cm³/mol. The van der Waals surface area contributed by atoms with Gasteiger partial charge in [0.2, 0.25) is 11.6 Å². The Kier molecular flexibility index (Phi) is 7.54. The normalized spacial score (nSPS) is 11.0. The van der Waals surface area contributed by atoms with E-state index in [2.05, 4.69) is 14.7 Å². The number of thiazole rings is 1. The third-order valence-corrected chi connectivity index (χ3v) is 7.66. The van der Waals surface area contributed by atoms with Gasteiger partial charge in [-0.3, -0.25) is 9.69 Å². The second kappa shape index (κ2) is 9.52. The first-order valence-electron chi connectivity index (χ1n) is 8.76. The van der Waals surface area contributed by atoms with Crippen LogP contribution in [0.5, 0.6) is 0 Å². The van der Waals surface area contributed by atoms with Crippen molar-refractivity contribution >= 4 is 38.1 Å². The maximum atomic E-state index is 12.7. The second-order valence-electron chi connectivity index (χ2n) is 6.40. The fourth-order valence-corrected chi connectivity index (χ4v) is 5.06. The molecule has 1 amide bonds. The zero-order valence-electron chi connectivity index (χ0n) is 16.6. The second-order valence-corrected chi connectivity index (χ2v) is 9.46. The van der Waals surface area contributed by atoms with Gasteiger partial charge in [-0.2, -0.15) is 0 Å². The maximum Gasteiger partial charge on any atom is 0.251 e. The SMILES string of the molecule is CNS(=O)(=O)c1sc(N(C)C(=O)Cc2ccc(-c3[nH+]cccc3N)cc2)nc1C.[Cl-]. The van der Waals surface area contributed by atoms with E-state index in [0.717, 1.165) is 28.2 Å². The molecule has 2 heterocycles. The van der Waals surface area contributed by atoms with Crippen LogP contribution in [0.3, 0.4) is 0 Å². The monoisotopic (exact) mass is 467 g/mol. The number of amides is 1. The molecule has 11 heteroatoms. The number of benzene rings is 1. The number of hydrogen-bond donors (Lipinski definition) is 2. The molecular weight excluding hydrogens is 446 g/mol. The number of halogens is 1. The summed E-state index contributed by atoms with van der Waals surface area (Å²) in [5.74, 6) is -0.189. The molecule has 0 saturated carbocycles. The molecular formula is C19H22ClN5O3S2. The minimum absolute atomic E-state index is 0.